The Kier molecular flexibility index (Phi) is 7.41. The van der Waals surface area contributed by atoms with Crippen LogP contribution in [0.4, 0.5) is 23.1 Å². The zero-order valence-corrected chi connectivity index (χ0v) is 21.3. The van der Waals surface area contributed by atoms with Crippen LogP contribution in [0.3, 0.4) is 0 Å². The third-order valence-corrected chi connectivity index (χ3v) is 6.59. The van der Waals surface area contributed by atoms with Crippen LogP contribution in [0.15, 0.2) is 67.1 Å². The maximum absolute atomic E-state index is 5.76. The van der Waals surface area contributed by atoms with E-state index in [0.29, 0.717) is 29.1 Å². The molecule has 4 aromatic rings. The van der Waals surface area contributed by atoms with Crippen LogP contribution < -0.4 is 20.1 Å². The van der Waals surface area contributed by atoms with Crippen LogP contribution in [-0.4, -0.2) is 59.2 Å². The Morgan fingerprint density at radius 3 is 2.43 bits per heavy atom. The monoisotopic (exact) mass is 497 g/mol. The number of anilines is 4. The molecule has 37 heavy (non-hydrogen) atoms. The molecule has 1 aromatic carbocycles. The molecular formula is C28H31N7O2. The van der Waals surface area contributed by atoms with Crippen molar-refractivity contribution in [3.05, 3.63) is 72.7 Å². The number of nitrogens with one attached hydrogen (secondary N) is 2. The van der Waals surface area contributed by atoms with E-state index in [1.165, 1.54) is 5.56 Å². The van der Waals surface area contributed by atoms with Crippen molar-refractivity contribution in [1.29, 1.82) is 0 Å². The fraction of sp³-hybridized carbons (Fsp3) is 0.286. The highest BCUT2D eigenvalue weighted by molar-refractivity contribution is 5.76. The summed E-state index contributed by atoms with van der Waals surface area (Å²) < 4.78 is 11.3. The number of hydrogen-bond donors (Lipinski definition) is 2. The minimum absolute atomic E-state index is 0.431. The summed E-state index contributed by atoms with van der Waals surface area (Å²) in [6.45, 7) is 2.20. The van der Waals surface area contributed by atoms with E-state index in [-0.39, 0.29) is 0 Å². The Bertz CT molecular complexity index is 1340. The fourth-order valence-corrected chi connectivity index (χ4v) is 4.59. The number of benzene rings is 1. The summed E-state index contributed by atoms with van der Waals surface area (Å²) in [5.41, 5.74) is 4.33. The number of likely N-dealkylation sites (tertiary alicyclic amines) is 1. The normalized spacial score (nSPS) is 14.2. The van der Waals surface area contributed by atoms with Crippen molar-refractivity contribution in [1.82, 2.24) is 24.8 Å². The van der Waals surface area contributed by atoms with E-state index in [4.69, 9.17) is 14.5 Å². The van der Waals surface area contributed by atoms with E-state index in [2.05, 4.69) is 49.7 Å². The van der Waals surface area contributed by atoms with Crippen LogP contribution in [0.2, 0.25) is 0 Å². The minimum atomic E-state index is 0.431. The van der Waals surface area contributed by atoms with Crippen LogP contribution >= 0.6 is 0 Å². The van der Waals surface area contributed by atoms with Crippen molar-refractivity contribution in [2.75, 3.05) is 45.0 Å². The van der Waals surface area contributed by atoms with Gasteiger partial charge in [0.2, 0.25) is 5.95 Å². The van der Waals surface area contributed by atoms with Crippen molar-refractivity contribution in [3.63, 3.8) is 0 Å². The first-order valence-electron chi connectivity index (χ1n) is 12.3. The number of hydrogen-bond acceptors (Lipinski definition) is 9. The first-order valence-corrected chi connectivity index (χ1v) is 12.3. The van der Waals surface area contributed by atoms with Crippen LogP contribution in [0.1, 0.15) is 24.3 Å². The summed E-state index contributed by atoms with van der Waals surface area (Å²) >= 11 is 0. The molecule has 0 spiro atoms. The van der Waals surface area contributed by atoms with Crippen molar-refractivity contribution < 1.29 is 9.47 Å². The lowest BCUT2D eigenvalue weighted by molar-refractivity contribution is 0.252. The maximum Gasteiger partial charge on any atom is 0.229 e. The smallest absolute Gasteiger partial charge is 0.229 e. The Labute approximate surface area is 216 Å². The van der Waals surface area contributed by atoms with Gasteiger partial charge in [-0.2, -0.15) is 4.98 Å². The van der Waals surface area contributed by atoms with Gasteiger partial charge in [0.15, 0.2) is 11.6 Å². The molecule has 0 radical (unpaired) electrons. The van der Waals surface area contributed by atoms with E-state index in [1.54, 1.807) is 32.8 Å². The van der Waals surface area contributed by atoms with Crippen molar-refractivity contribution >= 4 is 23.1 Å². The standard InChI is InChI=1S/C28H31N7O2/c1-35-15-11-19(12-16-35)21-10-9-20(17-24(21)36-2)32-28-31-18-25(37-3)27(34-28)33-23-8-6-14-30-26(23)22-7-4-5-13-29-22/h4-10,13-14,17-19H,11-12,15-16H2,1-3H3,(H2,31,32,33,34). The van der Waals surface area contributed by atoms with Crippen molar-refractivity contribution in [3.8, 4) is 22.9 Å². The Morgan fingerprint density at radius 1 is 0.865 bits per heavy atom. The van der Waals surface area contributed by atoms with E-state index < -0.39 is 0 Å². The molecule has 0 amide bonds. The molecule has 0 bridgehead atoms. The highest BCUT2D eigenvalue weighted by Crippen LogP contribution is 2.36. The van der Waals surface area contributed by atoms with Crippen molar-refractivity contribution in [2.24, 2.45) is 0 Å². The number of rotatable bonds is 8. The molecule has 3 aromatic heterocycles. The number of aromatic nitrogens is 4. The molecule has 1 aliphatic heterocycles. The molecule has 4 heterocycles. The number of piperidine rings is 1. The lowest BCUT2D eigenvalue weighted by Crippen LogP contribution is -2.29. The molecular weight excluding hydrogens is 466 g/mol. The van der Waals surface area contributed by atoms with Gasteiger partial charge in [-0.05, 0) is 74.8 Å². The molecule has 1 saturated heterocycles. The summed E-state index contributed by atoms with van der Waals surface area (Å²) in [5, 5.41) is 6.65. The number of ether oxygens (including phenoxy) is 2. The summed E-state index contributed by atoms with van der Waals surface area (Å²) in [7, 11) is 5.48. The summed E-state index contributed by atoms with van der Waals surface area (Å²) in [6.07, 6.45) is 7.38. The third kappa shape index (κ3) is 5.62. The lowest BCUT2D eigenvalue weighted by atomic mass is 9.89. The van der Waals surface area contributed by atoms with Gasteiger partial charge in [0.25, 0.3) is 0 Å². The Morgan fingerprint density at radius 2 is 1.68 bits per heavy atom. The molecule has 9 nitrogen and oxygen atoms in total. The highest BCUT2D eigenvalue weighted by Gasteiger charge is 2.22. The quantitative estimate of drug-likeness (QED) is 0.338. The highest BCUT2D eigenvalue weighted by atomic mass is 16.5. The Balaban J connectivity index is 1.39. The molecule has 2 N–H and O–H groups in total. The van der Waals surface area contributed by atoms with Gasteiger partial charge in [-0.25, -0.2) is 4.98 Å². The molecule has 1 aliphatic rings. The topological polar surface area (TPSA) is 97.3 Å². The van der Waals surface area contributed by atoms with E-state index >= 15 is 0 Å². The predicted molar refractivity (Wildman–Crippen MR) is 145 cm³/mol. The number of pyridine rings is 2. The molecule has 0 saturated carbocycles. The van der Waals surface area contributed by atoms with Crippen LogP contribution in [-0.2, 0) is 0 Å². The van der Waals surface area contributed by atoms with Crippen LogP contribution in [0.5, 0.6) is 11.5 Å². The van der Waals surface area contributed by atoms with Gasteiger partial charge in [0, 0.05) is 24.1 Å². The average molecular weight is 498 g/mol. The Hall–Kier alpha value is -4.24. The summed E-state index contributed by atoms with van der Waals surface area (Å²) in [5.74, 6) is 2.83. The molecule has 190 valence electrons. The van der Waals surface area contributed by atoms with Gasteiger partial charge in [0.1, 0.15) is 11.4 Å². The largest absolute Gasteiger partial charge is 0.496 e. The van der Waals surface area contributed by atoms with E-state index in [0.717, 1.165) is 48.7 Å². The second kappa shape index (κ2) is 11.2. The van der Waals surface area contributed by atoms with Crippen LogP contribution in [0, 0.1) is 0 Å². The van der Waals surface area contributed by atoms with Gasteiger partial charge in [0.05, 0.1) is 31.8 Å². The van der Waals surface area contributed by atoms with Gasteiger partial charge >= 0.3 is 0 Å². The zero-order chi connectivity index (χ0) is 25.6. The van der Waals surface area contributed by atoms with E-state index in [1.807, 2.05) is 36.4 Å². The van der Waals surface area contributed by atoms with Crippen molar-refractivity contribution in [2.45, 2.75) is 18.8 Å². The van der Waals surface area contributed by atoms with Gasteiger partial charge < -0.3 is 25.0 Å². The van der Waals surface area contributed by atoms with Gasteiger partial charge in [-0.3, -0.25) is 9.97 Å². The lowest BCUT2D eigenvalue weighted by Gasteiger charge is -2.30. The third-order valence-electron chi connectivity index (χ3n) is 6.59. The SMILES string of the molecule is COc1cc(Nc2ncc(OC)c(Nc3cccnc3-c3ccccn3)n2)ccc1C1CCN(C)CC1. The first-order chi connectivity index (χ1) is 18.1. The average Bonchev–Trinajstić information content (AvgIpc) is 2.94. The summed E-state index contributed by atoms with van der Waals surface area (Å²) in [6, 6.07) is 15.7. The fourth-order valence-electron chi connectivity index (χ4n) is 4.59. The first kappa shape index (κ1) is 24.5. The molecule has 1 fully saturated rings. The zero-order valence-electron chi connectivity index (χ0n) is 21.3. The molecule has 5 rings (SSSR count). The van der Waals surface area contributed by atoms with Crippen LogP contribution in [0.25, 0.3) is 11.4 Å². The molecule has 9 heteroatoms. The maximum atomic E-state index is 5.76. The predicted octanol–water partition coefficient (Wildman–Crippen LogP) is 5.25. The summed E-state index contributed by atoms with van der Waals surface area (Å²) in [4.78, 5) is 20.5. The van der Waals surface area contributed by atoms with E-state index in [9.17, 15) is 0 Å². The molecule has 0 atom stereocenters. The number of methoxy groups -OCH3 is 2. The minimum Gasteiger partial charge on any atom is -0.496 e. The molecule has 0 aliphatic carbocycles. The second-order valence-electron chi connectivity index (χ2n) is 9.01. The number of nitrogens with zero attached hydrogens (tertiary/aromatic N) is 5. The second-order valence-corrected chi connectivity index (χ2v) is 9.01. The van der Waals surface area contributed by atoms with Gasteiger partial charge in [-0.1, -0.05) is 12.1 Å². The van der Waals surface area contributed by atoms with Gasteiger partial charge in [-0.15, -0.1) is 0 Å². The molecule has 0 unspecified atom stereocenters.